The first-order valence-corrected chi connectivity index (χ1v) is 6.68. The van der Waals surface area contributed by atoms with Crippen LogP contribution >= 0.6 is 0 Å². The summed E-state index contributed by atoms with van der Waals surface area (Å²) >= 11 is 0. The zero-order chi connectivity index (χ0) is 14.7. The molecule has 2 rings (SSSR count). The SMILES string of the molecule is CC(C)CCN(C)c1ncnc2cc(C(=O)O)ccc12. The molecule has 20 heavy (non-hydrogen) atoms. The van der Waals surface area contributed by atoms with E-state index < -0.39 is 5.97 Å². The molecule has 1 heterocycles. The van der Waals surface area contributed by atoms with E-state index in [1.54, 1.807) is 18.2 Å². The van der Waals surface area contributed by atoms with Crippen LogP contribution in [0.5, 0.6) is 0 Å². The van der Waals surface area contributed by atoms with Crippen molar-refractivity contribution in [1.82, 2.24) is 9.97 Å². The minimum Gasteiger partial charge on any atom is -0.478 e. The highest BCUT2D eigenvalue weighted by molar-refractivity contribution is 5.96. The Morgan fingerprint density at radius 1 is 1.35 bits per heavy atom. The average Bonchev–Trinajstić information content (AvgIpc) is 2.43. The lowest BCUT2D eigenvalue weighted by atomic mass is 10.1. The van der Waals surface area contributed by atoms with Gasteiger partial charge in [-0.2, -0.15) is 0 Å². The number of nitrogens with zero attached hydrogens (tertiary/aromatic N) is 3. The number of carbonyl (C=O) groups is 1. The van der Waals surface area contributed by atoms with Crippen molar-refractivity contribution in [3.8, 4) is 0 Å². The third kappa shape index (κ3) is 3.04. The summed E-state index contributed by atoms with van der Waals surface area (Å²) in [5.74, 6) is 0.525. The highest BCUT2D eigenvalue weighted by atomic mass is 16.4. The van der Waals surface area contributed by atoms with Gasteiger partial charge in [0.1, 0.15) is 12.1 Å². The zero-order valence-electron chi connectivity index (χ0n) is 12.0. The number of aromatic nitrogens is 2. The number of fused-ring (bicyclic) bond motifs is 1. The number of benzene rings is 1. The van der Waals surface area contributed by atoms with E-state index in [2.05, 4.69) is 28.7 Å². The number of aromatic carboxylic acids is 1. The van der Waals surface area contributed by atoms with Crippen LogP contribution in [0.2, 0.25) is 0 Å². The van der Waals surface area contributed by atoms with Crippen LogP contribution in [-0.2, 0) is 0 Å². The van der Waals surface area contributed by atoms with Crippen LogP contribution in [0.15, 0.2) is 24.5 Å². The van der Waals surface area contributed by atoms with Crippen LogP contribution in [0.4, 0.5) is 5.82 Å². The van der Waals surface area contributed by atoms with E-state index >= 15 is 0 Å². The molecule has 0 saturated carbocycles. The van der Waals surface area contributed by atoms with Crippen molar-refractivity contribution >= 4 is 22.7 Å². The lowest BCUT2D eigenvalue weighted by molar-refractivity contribution is 0.0697. The third-order valence-electron chi connectivity index (χ3n) is 3.27. The molecule has 0 radical (unpaired) electrons. The molecule has 0 saturated heterocycles. The van der Waals surface area contributed by atoms with Gasteiger partial charge in [-0.25, -0.2) is 14.8 Å². The van der Waals surface area contributed by atoms with Gasteiger partial charge in [0.25, 0.3) is 0 Å². The molecule has 5 nitrogen and oxygen atoms in total. The van der Waals surface area contributed by atoms with Crippen molar-refractivity contribution in [3.63, 3.8) is 0 Å². The summed E-state index contributed by atoms with van der Waals surface area (Å²) in [6, 6.07) is 4.95. The third-order valence-corrected chi connectivity index (χ3v) is 3.27. The lowest BCUT2D eigenvalue weighted by Crippen LogP contribution is -2.21. The molecular weight excluding hydrogens is 254 g/mol. The van der Waals surface area contributed by atoms with Gasteiger partial charge in [0.05, 0.1) is 11.1 Å². The van der Waals surface area contributed by atoms with E-state index in [0.717, 1.165) is 24.2 Å². The number of carboxylic acid groups (broad SMARTS) is 1. The number of anilines is 1. The summed E-state index contributed by atoms with van der Waals surface area (Å²) in [5, 5.41) is 9.89. The summed E-state index contributed by atoms with van der Waals surface area (Å²) in [6.07, 6.45) is 2.56. The zero-order valence-corrected chi connectivity index (χ0v) is 12.0. The van der Waals surface area contributed by atoms with Crippen molar-refractivity contribution in [2.45, 2.75) is 20.3 Å². The van der Waals surface area contributed by atoms with Gasteiger partial charge >= 0.3 is 5.97 Å². The number of hydrogen-bond donors (Lipinski definition) is 1. The van der Waals surface area contributed by atoms with Gasteiger partial charge < -0.3 is 10.0 Å². The van der Waals surface area contributed by atoms with Gasteiger partial charge in [-0.15, -0.1) is 0 Å². The van der Waals surface area contributed by atoms with Gasteiger partial charge in [-0.1, -0.05) is 13.8 Å². The van der Waals surface area contributed by atoms with Crippen LogP contribution in [0.1, 0.15) is 30.6 Å². The molecule has 0 unspecified atom stereocenters. The van der Waals surface area contributed by atoms with Crippen molar-refractivity contribution in [1.29, 1.82) is 0 Å². The maximum absolute atomic E-state index is 11.0. The number of rotatable bonds is 5. The first-order chi connectivity index (χ1) is 9.49. The van der Waals surface area contributed by atoms with Crippen LogP contribution in [0, 0.1) is 5.92 Å². The van der Waals surface area contributed by atoms with E-state index in [-0.39, 0.29) is 5.56 Å². The molecule has 0 aliphatic rings. The summed E-state index contributed by atoms with van der Waals surface area (Å²) in [5.41, 5.74) is 0.901. The molecule has 0 bridgehead atoms. The Labute approximate surface area is 118 Å². The monoisotopic (exact) mass is 273 g/mol. The van der Waals surface area contributed by atoms with Gasteiger partial charge in [-0.05, 0) is 30.5 Å². The maximum Gasteiger partial charge on any atom is 0.335 e. The molecule has 2 aromatic rings. The highest BCUT2D eigenvalue weighted by Gasteiger charge is 2.11. The van der Waals surface area contributed by atoms with E-state index in [9.17, 15) is 4.79 Å². The summed E-state index contributed by atoms with van der Waals surface area (Å²) in [7, 11) is 2.00. The topological polar surface area (TPSA) is 66.3 Å². The fourth-order valence-electron chi connectivity index (χ4n) is 2.04. The molecule has 1 aromatic carbocycles. The smallest absolute Gasteiger partial charge is 0.335 e. The second-order valence-electron chi connectivity index (χ2n) is 5.34. The Bertz CT molecular complexity index is 626. The Kier molecular flexibility index (Phi) is 4.17. The van der Waals surface area contributed by atoms with Crippen molar-refractivity contribution in [3.05, 3.63) is 30.1 Å². The first kappa shape index (κ1) is 14.2. The highest BCUT2D eigenvalue weighted by Crippen LogP contribution is 2.23. The molecular formula is C15H19N3O2. The Balaban J connectivity index is 2.37. The van der Waals surface area contributed by atoms with Gasteiger partial charge in [-0.3, -0.25) is 0 Å². The van der Waals surface area contributed by atoms with Gasteiger partial charge in [0, 0.05) is 19.0 Å². The second kappa shape index (κ2) is 5.86. The molecule has 106 valence electrons. The minimum atomic E-state index is -0.944. The van der Waals surface area contributed by atoms with Gasteiger partial charge in [0.15, 0.2) is 0 Å². The number of carboxylic acids is 1. The molecule has 1 N–H and O–H groups in total. The molecule has 0 spiro atoms. The number of hydrogen-bond acceptors (Lipinski definition) is 4. The minimum absolute atomic E-state index is 0.243. The van der Waals surface area contributed by atoms with Crippen molar-refractivity contribution in [2.75, 3.05) is 18.5 Å². The van der Waals surface area contributed by atoms with E-state index in [1.807, 2.05) is 7.05 Å². The van der Waals surface area contributed by atoms with Crippen LogP contribution < -0.4 is 4.90 Å². The fraction of sp³-hybridized carbons (Fsp3) is 0.400. The Morgan fingerprint density at radius 2 is 2.10 bits per heavy atom. The van der Waals surface area contributed by atoms with Crippen LogP contribution in [0.3, 0.4) is 0 Å². The molecule has 0 atom stereocenters. The standard InChI is InChI=1S/C15H19N3O2/c1-10(2)6-7-18(3)14-12-5-4-11(15(19)20)8-13(12)16-9-17-14/h4-5,8-10H,6-7H2,1-3H3,(H,19,20). The normalized spacial score (nSPS) is 11.0. The average molecular weight is 273 g/mol. The maximum atomic E-state index is 11.0. The van der Waals surface area contributed by atoms with Crippen LogP contribution in [-0.4, -0.2) is 34.6 Å². The molecule has 1 aromatic heterocycles. The summed E-state index contributed by atoms with van der Waals surface area (Å²) in [6.45, 7) is 5.28. The molecule has 0 amide bonds. The summed E-state index contributed by atoms with van der Waals surface area (Å²) < 4.78 is 0. The largest absolute Gasteiger partial charge is 0.478 e. The van der Waals surface area contributed by atoms with E-state index in [4.69, 9.17) is 5.11 Å². The Morgan fingerprint density at radius 3 is 2.75 bits per heavy atom. The van der Waals surface area contributed by atoms with Crippen molar-refractivity contribution in [2.24, 2.45) is 5.92 Å². The first-order valence-electron chi connectivity index (χ1n) is 6.68. The predicted octanol–water partition coefficient (Wildman–Crippen LogP) is 2.81. The van der Waals surface area contributed by atoms with E-state index in [0.29, 0.717) is 11.4 Å². The predicted molar refractivity (Wildman–Crippen MR) is 79.2 cm³/mol. The molecule has 0 fully saturated rings. The summed E-state index contributed by atoms with van der Waals surface area (Å²) in [4.78, 5) is 21.6. The molecule has 0 aliphatic heterocycles. The molecule has 0 aliphatic carbocycles. The fourth-order valence-corrected chi connectivity index (χ4v) is 2.04. The van der Waals surface area contributed by atoms with Crippen LogP contribution in [0.25, 0.3) is 10.9 Å². The second-order valence-corrected chi connectivity index (χ2v) is 5.34. The van der Waals surface area contributed by atoms with E-state index in [1.165, 1.54) is 6.33 Å². The van der Waals surface area contributed by atoms with Crippen molar-refractivity contribution < 1.29 is 9.90 Å². The molecule has 5 heteroatoms. The Hall–Kier alpha value is -2.17. The lowest BCUT2D eigenvalue weighted by Gasteiger charge is -2.20. The van der Waals surface area contributed by atoms with Gasteiger partial charge in [0.2, 0.25) is 0 Å². The quantitative estimate of drug-likeness (QED) is 0.907.